The largest absolute Gasteiger partial charge is 0.490 e. The zero-order valence-electron chi connectivity index (χ0n) is 14.9. The van der Waals surface area contributed by atoms with E-state index in [2.05, 4.69) is 4.98 Å². The topological polar surface area (TPSA) is 71.9 Å². The van der Waals surface area contributed by atoms with Crippen LogP contribution in [0, 0.1) is 6.92 Å². The molecule has 1 fully saturated rings. The lowest BCUT2D eigenvalue weighted by Gasteiger charge is -2.31. The number of amides is 1. The lowest BCUT2D eigenvalue weighted by Crippen LogP contribution is -2.50. The van der Waals surface area contributed by atoms with Gasteiger partial charge in [-0.1, -0.05) is 24.3 Å². The molecule has 26 heavy (non-hydrogen) atoms. The van der Waals surface area contributed by atoms with E-state index in [0.29, 0.717) is 13.2 Å². The van der Waals surface area contributed by atoms with Crippen LogP contribution in [0.2, 0.25) is 0 Å². The molecule has 3 rings (SSSR count). The molecule has 1 saturated heterocycles. The van der Waals surface area contributed by atoms with E-state index in [4.69, 9.17) is 9.47 Å². The van der Waals surface area contributed by atoms with Gasteiger partial charge < -0.3 is 19.5 Å². The molecule has 2 heterocycles. The number of hydrogen-bond donors (Lipinski definition) is 1. The Morgan fingerprint density at radius 3 is 2.96 bits per heavy atom. The minimum atomic E-state index is -1.25. The van der Waals surface area contributed by atoms with Crippen molar-refractivity contribution in [2.45, 2.75) is 18.9 Å². The third-order valence-corrected chi connectivity index (χ3v) is 4.38. The van der Waals surface area contributed by atoms with Gasteiger partial charge in [0.05, 0.1) is 26.2 Å². The number of pyridine rings is 1. The van der Waals surface area contributed by atoms with Crippen LogP contribution in [0.5, 0.6) is 5.75 Å². The van der Waals surface area contributed by atoms with E-state index < -0.39 is 5.60 Å². The fourth-order valence-corrected chi connectivity index (χ4v) is 2.94. The van der Waals surface area contributed by atoms with Crippen molar-refractivity contribution in [2.75, 3.05) is 32.9 Å². The second kappa shape index (κ2) is 8.29. The van der Waals surface area contributed by atoms with Gasteiger partial charge in [0.1, 0.15) is 18.0 Å². The highest BCUT2D eigenvalue weighted by molar-refractivity contribution is 5.78. The lowest BCUT2D eigenvalue weighted by atomic mass is 10.1. The Balaban J connectivity index is 1.64. The summed E-state index contributed by atoms with van der Waals surface area (Å²) in [6.45, 7) is 3.17. The van der Waals surface area contributed by atoms with Crippen molar-refractivity contribution >= 4 is 5.91 Å². The molecule has 1 atom stereocenters. The molecule has 1 N–H and O–H groups in total. The number of para-hydroxylation sites is 1. The first kappa shape index (κ1) is 18.4. The SMILES string of the molecule is Cc1ccccc1OC[C@@]1(O)COCCN(C(=O)Cc2cccnc2)C1. The molecule has 6 heteroatoms. The van der Waals surface area contributed by atoms with Gasteiger partial charge in [0.2, 0.25) is 5.91 Å². The van der Waals surface area contributed by atoms with Crippen LogP contribution >= 0.6 is 0 Å². The molecule has 2 aromatic rings. The fraction of sp³-hybridized carbons (Fsp3) is 0.400. The van der Waals surface area contributed by atoms with Gasteiger partial charge in [0.15, 0.2) is 0 Å². The Morgan fingerprint density at radius 2 is 2.19 bits per heavy atom. The summed E-state index contributed by atoms with van der Waals surface area (Å²) >= 11 is 0. The van der Waals surface area contributed by atoms with E-state index in [1.807, 2.05) is 37.3 Å². The maximum atomic E-state index is 12.6. The number of hydrogen-bond acceptors (Lipinski definition) is 5. The molecule has 1 amide bonds. The van der Waals surface area contributed by atoms with Gasteiger partial charge in [-0.3, -0.25) is 9.78 Å². The van der Waals surface area contributed by atoms with Crippen molar-refractivity contribution < 1.29 is 19.4 Å². The van der Waals surface area contributed by atoms with Gasteiger partial charge in [-0.25, -0.2) is 0 Å². The number of aliphatic hydroxyl groups is 1. The fourth-order valence-electron chi connectivity index (χ4n) is 2.94. The molecule has 0 unspecified atom stereocenters. The number of nitrogens with zero attached hydrogens (tertiary/aromatic N) is 2. The molecular formula is C20H24N2O4. The zero-order valence-corrected chi connectivity index (χ0v) is 14.9. The molecule has 1 aliphatic rings. The first-order chi connectivity index (χ1) is 12.6. The third kappa shape index (κ3) is 4.80. The highest BCUT2D eigenvalue weighted by Gasteiger charge is 2.35. The number of carbonyl (C=O) groups is 1. The van der Waals surface area contributed by atoms with Gasteiger partial charge in [-0.15, -0.1) is 0 Å². The molecular weight excluding hydrogens is 332 g/mol. The number of ether oxygens (including phenoxy) is 2. The van der Waals surface area contributed by atoms with Crippen LogP contribution in [0.3, 0.4) is 0 Å². The maximum Gasteiger partial charge on any atom is 0.227 e. The summed E-state index contributed by atoms with van der Waals surface area (Å²) in [5, 5.41) is 10.9. The van der Waals surface area contributed by atoms with Crippen LogP contribution in [0.4, 0.5) is 0 Å². The van der Waals surface area contributed by atoms with Crippen molar-refractivity contribution in [2.24, 2.45) is 0 Å². The summed E-state index contributed by atoms with van der Waals surface area (Å²) in [6, 6.07) is 11.3. The van der Waals surface area contributed by atoms with Crippen LogP contribution in [0.15, 0.2) is 48.8 Å². The average molecular weight is 356 g/mol. The second-order valence-corrected chi connectivity index (χ2v) is 6.68. The van der Waals surface area contributed by atoms with Crippen molar-refractivity contribution in [3.05, 3.63) is 59.9 Å². The Morgan fingerprint density at radius 1 is 1.35 bits per heavy atom. The van der Waals surface area contributed by atoms with Crippen molar-refractivity contribution in [3.8, 4) is 5.75 Å². The maximum absolute atomic E-state index is 12.6. The Kier molecular flexibility index (Phi) is 5.85. The highest BCUT2D eigenvalue weighted by atomic mass is 16.5. The number of carbonyl (C=O) groups excluding carboxylic acids is 1. The Labute approximate surface area is 153 Å². The molecule has 6 nitrogen and oxygen atoms in total. The summed E-state index contributed by atoms with van der Waals surface area (Å²) < 4.78 is 11.3. The molecule has 0 bridgehead atoms. The molecule has 0 radical (unpaired) electrons. The van der Waals surface area contributed by atoms with Gasteiger partial charge in [-0.05, 0) is 30.2 Å². The van der Waals surface area contributed by atoms with E-state index in [9.17, 15) is 9.90 Å². The number of benzene rings is 1. The predicted octanol–water partition coefficient (Wildman–Crippen LogP) is 1.60. The average Bonchev–Trinajstić information content (AvgIpc) is 2.84. The van der Waals surface area contributed by atoms with Crippen molar-refractivity contribution in [1.29, 1.82) is 0 Å². The first-order valence-corrected chi connectivity index (χ1v) is 8.71. The lowest BCUT2D eigenvalue weighted by molar-refractivity contribution is -0.134. The van der Waals surface area contributed by atoms with Crippen molar-refractivity contribution in [1.82, 2.24) is 9.88 Å². The Bertz CT molecular complexity index is 738. The van der Waals surface area contributed by atoms with Gasteiger partial charge >= 0.3 is 0 Å². The number of rotatable bonds is 5. The summed E-state index contributed by atoms with van der Waals surface area (Å²) in [6.07, 6.45) is 3.61. The molecule has 138 valence electrons. The monoisotopic (exact) mass is 356 g/mol. The van der Waals surface area contributed by atoms with Gasteiger partial charge in [-0.2, -0.15) is 0 Å². The predicted molar refractivity (Wildman–Crippen MR) is 97.0 cm³/mol. The highest BCUT2D eigenvalue weighted by Crippen LogP contribution is 2.20. The minimum absolute atomic E-state index is 0.0576. The third-order valence-electron chi connectivity index (χ3n) is 4.38. The quantitative estimate of drug-likeness (QED) is 0.881. The first-order valence-electron chi connectivity index (χ1n) is 8.71. The summed E-state index contributed by atoms with van der Waals surface area (Å²) in [5.41, 5.74) is 0.598. The van der Waals surface area contributed by atoms with Gasteiger partial charge in [0.25, 0.3) is 0 Å². The van der Waals surface area contributed by atoms with E-state index >= 15 is 0 Å². The number of β-amino-alcohol motifs (C(OH)–C–C–N with tert-alkyl or cyclic N) is 1. The Hall–Kier alpha value is -2.44. The van der Waals surface area contributed by atoms with Crippen LogP contribution in [0.1, 0.15) is 11.1 Å². The molecule has 1 aromatic carbocycles. The molecule has 1 aromatic heterocycles. The van der Waals surface area contributed by atoms with Gasteiger partial charge in [0, 0.05) is 18.9 Å². The van der Waals surface area contributed by atoms with Crippen LogP contribution in [0.25, 0.3) is 0 Å². The normalized spacial score (nSPS) is 20.5. The van der Waals surface area contributed by atoms with E-state index in [1.165, 1.54) is 0 Å². The van der Waals surface area contributed by atoms with E-state index in [1.54, 1.807) is 23.4 Å². The summed E-state index contributed by atoms with van der Waals surface area (Å²) in [7, 11) is 0. The molecule has 0 spiro atoms. The molecule has 0 aliphatic carbocycles. The second-order valence-electron chi connectivity index (χ2n) is 6.68. The van der Waals surface area contributed by atoms with Crippen LogP contribution < -0.4 is 4.74 Å². The number of aromatic nitrogens is 1. The zero-order chi connectivity index (χ0) is 18.4. The van der Waals surface area contributed by atoms with Crippen LogP contribution in [-0.2, 0) is 16.0 Å². The van der Waals surface area contributed by atoms with E-state index in [0.717, 1.165) is 16.9 Å². The number of aryl methyl sites for hydroxylation is 1. The van der Waals surface area contributed by atoms with Crippen molar-refractivity contribution in [3.63, 3.8) is 0 Å². The standard InChI is InChI=1S/C20H24N2O4/c1-16-5-2-3-7-18(16)26-15-20(24)13-22(9-10-25-14-20)19(23)11-17-6-4-8-21-12-17/h2-8,12,24H,9-11,13-15H2,1H3/t20-/m0/s1. The minimum Gasteiger partial charge on any atom is -0.490 e. The molecule has 1 aliphatic heterocycles. The summed E-state index contributed by atoms with van der Waals surface area (Å²) in [5.74, 6) is 0.663. The summed E-state index contributed by atoms with van der Waals surface area (Å²) in [4.78, 5) is 18.3. The molecule has 0 saturated carbocycles. The van der Waals surface area contributed by atoms with E-state index in [-0.39, 0.29) is 32.1 Å². The van der Waals surface area contributed by atoms with Crippen LogP contribution in [-0.4, -0.2) is 59.4 Å². The smallest absolute Gasteiger partial charge is 0.227 e.